The fraction of sp³-hybridized carbons (Fsp3) is 0.444. The van der Waals surface area contributed by atoms with E-state index in [1.165, 1.54) is 5.56 Å². The van der Waals surface area contributed by atoms with Crippen molar-refractivity contribution in [3.05, 3.63) is 51.5 Å². The molecular weight excluding hydrogens is 375 g/mol. The van der Waals surface area contributed by atoms with Gasteiger partial charge in [-0.15, -0.1) is 11.3 Å². The molecule has 0 radical (unpaired) electrons. The van der Waals surface area contributed by atoms with Gasteiger partial charge < -0.3 is 15.5 Å². The van der Waals surface area contributed by atoms with E-state index in [2.05, 4.69) is 49.8 Å². The minimum Gasteiger partial charge on any atom is -0.356 e. The van der Waals surface area contributed by atoms with Crippen LogP contribution in [0.5, 0.6) is 0 Å². The molecule has 1 heterocycles. The lowest BCUT2D eigenvalue weighted by atomic mass is 10.1. The third-order valence-corrected chi connectivity index (χ3v) is 4.59. The van der Waals surface area contributed by atoms with Crippen molar-refractivity contribution in [3.8, 4) is 0 Å². The highest BCUT2D eigenvalue weighted by molar-refractivity contribution is 7.09. The van der Waals surface area contributed by atoms with Gasteiger partial charge in [-0.2, -0.15) is 13.2 Å². The Morgan fingerprint density at radius 3 is 2.37 bits per heavy atom. The monoisotopic (exact) mass is 399 g/mol. The number of nitrogens with one attached hydrogen (secondary N) is 2. The second kappa shape index (κ2) is 9.70. The molecular formula is C18H24F3N5S. The van der Waals surface area contributed by atoms with E-state index < -0.39 is 11.9 Å². The Balaban J connectivity index is 1.76. The van der Waals surface area contributed by atoms with Crippen LogP contribution in [-0.4, -0.2) is 43.5 Å². The first-order valence-corrected chi connectivity index (χ1v) is 9.34. The standard InChI is InChI=1S/C18H24F3N5S/c1-22-17(23-9-8-16-25-15(12-27-16)18(19,20)21)24-10-13-4-6-14(7-5-13)11-26(2)3/h4-7,12H,8-11H2,1-3H3,(H2,22,23,24). The first kappa shape index (κ1) is 21.2. The molecule has 0 spiro atoms. The second-order valence-electron chi connectivity index (χ2n) is 6.28. The van der Waals surface area contributed by atoms with Crippen molar-refractivity contribution in [2.45, 2.75) is 25.7 Å². The van der Waals surface area contributed by atoms with Crippen molar-refractivity contribution in [2.75, 3.05) is 27.7 Å². The summed E-state index contributed by atoms with van der Waals surface area (Å²) in [5, 5.41) is 7.77. The van der Waals surface area contributed by atoms with Gasteiger partial charge in [0.1, 0.15) is 0 Å². The molecule has 0 saturated carbocycles. The van der Waals surface area contributed by atoms with Crippen LogP contribution in [0.2, 0.25) is 0 Å². The quantitative estimate of drug-likeness (QED) is 0.555. The Morgan fingerprint density at radius 1 is 1.15 bits per heavy atom. The van der Waals surface area contributed by atoms with Crippen molar-refractivity contribution < 1.29 is 13.2 Å². The molecule has 2 aromatic rings. The maximum absolute atomic E-state index is 12.6. The molecule has 0 fully saturated rings. The number of rotatable bonds is 7. The first-order chi connectivity index (χ1) is 12.8. The van der Waals surface area contributed by atoms with Crippen LogP contribution >= 0.6 is 11.3 Å². The smallest absolute Gasteiger partial charge is 0.356 e. The minimum absolute atomic E-state index is 0.403. The van der Waals surface area contributed by atoms with Crippen molar-refractivity contribution in [3.63, 3.8) is 0 Å². The molecule has 0 aliphatic carbocycles. The van der Waals surface area contributed by atoms with Gasteiger partial charge >= 0.3 is 6.18 Å². The molecule has 0 amide bonds. The van der Waals surface area contributed by atoms with Gasteiger partial charge in [0.05, 0.1) is 5.01 Å². The lowest BCUT2D eigenvalue weighted by molar-refractivity contribution is -0.140. The Morgan fingerprint density at radius 2 is 1.81 bits per heavy atom. The zero-order chi connectivity index (χ0) is 19.9. The number of hydrogen-bond acceptors (Lipinski definition) is 4. The molecule has 2 rings (SSSR count). The molecule has 9 heteroatoms. The highest BCUT2D eigenvalue weighted by Crippen LogP contribution is 2.29. The van der Waals surface area contributed by atoms with Crippen LogP contribution < -0.4 is 10.6 Å². The molecule has 27 heavy (non-hydrogen) atoms. The van der Waals surface area contributed by atoms with Crippen LogP contribution in [0, 0.1) is 0 Å². The fourth-order valence-electron chi connectivity index (χ4n) is 2.38. The summed E-state index contributed by atoms with van der Waals surface area (Å²) in [4.78, 5) is 9.85. The number of alkyl halides is 3. The van der Waals surface area contributed by atoms with Crippen LogP contribution in [0.3, 0.4) is 0 Å². The number of hydrogen-bond donors (Lipinski definition) is 2. The van der Waals surface area contributed by atoms with Crippen LogP contribution in [0.25, 0.3) is 0 Å². The first-order valence-electron chi connectivity index (χ1n) is 8.46. The van der Waals surface area contributed by atoms with E-state index in [-0.39, 0.29) is 0 Å². The summed E-state index contributed by atoms with van der Waals surface area (Å²) in [6, 6.07) is 8.31. The van der Waals surface area contributed by atoms with Gasteiger partial charge in [0.2, 0.25) is 0 Å². The minimum atomic E-state index is -4.39. The van der Waals surface area contributed by atoms with Crippen molar-refractivity contribution in [1.82, 2.24) is 20.5 Å². The summed E-state index contributed by atoms with van der Waals surface area (Å²) in [6.45, 7) is 1.95. The van der Waals surface area contributed by atoms with Gasteiger partial charge in [-0.3, -0.25) is 4.99 Å². The van der Waals surface area contributed by atoms with Gasteiger partial charge in [0.25, 0.3) is 0 Å². The van der Waals surface area contributed by atoms with Crippen LogP contribution in [0.15, 0.2) is 34.6 Å². The molecule has 1 aromatic heterocycles. The summed E-state index contributed by atoms with van der Waals surface area (Å²) in [5.74, 6) is 0.597. The van der Waals surface area contributed by atoms with Crippen LogP contribution in [-0.2, 0) is 25.7 Å². The lowest BCUT2D eigenvalue weighted by Gasteiger charge is -2.13. The zero-order valence-electron chi connectivity index (χ0n) is 15.6. The number of aromatic nitrogens is 1. The highest BCUT2D eigenvalue weighted by Gasteiger charge is 2.33. The number of guanidine groups is 1. The summed E-state index contributed by atoms with van der Waals surface area (Å²) >= 11 is 1.02. The molecule has 0 aliphatic heterocycles. The van der Waals surface area contributed by atoms with Crippen LogP contribution in [0.1, 0.15) is 21.8 Å². The summed E-state index contributed by atoms with van der Waals surface area (Å²) in [6.07, 6.45) is -3.98. The maximum atomic E-state index is 12.6. The zero-order valence-corrected chi connectivity index (χ0v) is 16.4. The van der Waals surface area contributed by atoms with E-state index in [4.69, 9.17) is 0 Å². The number of nitrogens with zero attached hydrogens (tertiary/aromatic N) is 3. The van der Waals surface area contributed by atoms with Gasteiger partial charge in [-0.1, -0.05) is 24.3 Å². The Labute approximate surface area is 161 Å². The predicted molar refractivity (Wildman–Crippen MR) is 103 cm³/mol. The van der Waals surface area contributed by atoms with E-state index >= 15 is 0 Å². The second-order valence-corrected chi connectivity index (χ2v) is 7.22. The van der Waals surface area contributed by atoms with E-state index in [1.807, 2.05) is 14.1 Å². The summed E-state index contributed by atoms with van der Waals surface area (Å²) in [7, 11) is 5.71. The highest BCUT2D eigenvalue weighted by atomic mass is 32.1. The van der Waals surface area contributed by atoms with Crippen LogP contribution in [0.4, 0.5) is 13.2 Å². The molecule has 5 nitrogen and oxygen atoms in total. The third kappa shape index (κ3) is 7.18. The van der Waals surface area contributed by atoms with E-state index in [0.29, 0.717) is 30.5 Å². The topological polar surface area (TPSA) is 52.6 Å². The molecule has 2 N–H and O–H groups in total. The molecule has 148 valence electrons. The molecule has 0 atom stereocenters. The lowest BCUT2D eigenvalue weighted by Crippen LogP contribution is -2.37. The SMILES string of the molecule is CN=C(NCCc1nc(C(F)(F)F)cs1)NCc1ccc(CN(C)C)cc1. The number of benzene rings is 1. The Bertz CT molecular complexity index is 738. The van der Waals surface area contributed by atoms with Gasteiger partial charge in [-0.05, 0) is 25.2 Å². The van der Waals surface area contributed by atoms with Gasteiger partial charge in [0, 0.05) is 38.5 Å². The molecule has 0 unspecified atom stereocenters. The molecule has 0 aliphatic rings. The molecule has 0 saturated heterocycles. The average molecular weight is 399 g/mol. The Kier molecular flexibility index (Phi) is 7.61. The average Bonchev–Trinajstić information content (AvgIpc) is 3.08. The molecule has 1 aromatic carbocycles. The fourth-order valence-corrected chi connectivity index (χ4v) is 3.18. The van der Waals surface area contributed by atoms with Crippen molar-refractivity contribution in [2.24, 2.45) is 4.99 Å². The summed E-state index contributed by atoms with van der Waals surface area (Å²) in [5.41, 5.74) is 1.53. The maximum Gasteiger partial charge on any atom is 0.434 e. The normalized spacial score (nSPS) is 12.5. The summed E-state index contributed by atoms with van der Waals surface area (Å²) < 4.78 is 37.7. The Hall–Kier alpha value is -2.13. The van der Waals surface area contributed by atoms with Gasteiger partial charge in [0.15, 0.2) is 11.7 Å². The predicted octanol–water partition coefficient (Wildman–Crippen LogP) is 3.13. The van der Waals surface area contributed by atoms with Crippen molar-refractivity contribution >= 4 is 17.3 Å². The number of aliphatic imine (C=N–C) groups is 1. The number of thiazole rings is 1. The van der Waals surface area contributed by atoms with Gasteiger partial charge in [-0.25, -0.2) is 4.98 Å². The van der Waals surface area contributed by atoms with E-state index in [1.54, 1.807) is 7.05 Å². The van der Waals surface area contributed by atoms with E-state index in [0.717, 1.165) is 28.8 Å². The largest absolute Gasteiger partial charge is 0.434 e. The third-order valence-electron chi connectivity index (χ3n) is 3.68. The van der Waals surface area contributed by atoms with E-state index in [9.17, 15) is 13.2 Å². The molecule has 0 bridgehead atoms. The number of halogens is 3. The van der Waals surface area contributed by atoms with Crippen molar-refractivity contribution in [1.29, 1.82) is 0 Å².